The maximum atomic E-state index is 13.0. The lowest BCUT2D eigenvalue weighted by atomic mass is 9.80. The number of rotatable bonds is 4. The summed E-state index contributed by atoms with van der Waals surface area (Å²) in [6.07, 6.45) is 6.02. The first-order valence-electron chi connectivity index (χ1n) is 8.37. The highest BCUT2D eigenvalue weighted by Gasteiger charge is 2.65. The van der Waals surface area contributed by atoms with Gasteiger partial charge in [-0.3, -0.25) is 4.79 Å². The van der Waals surface area contributed by atoms with Crippen molar-refractivity contribution in [2.24, 2.45) is 5.92 Å². The van der Waals surface area contributed by atoms with E-state index in [1.807, 2.05) is 11.8 Å². The molecule has 0 aromatic heterocycles. The highest BCUT2D eigenvalue weighted by molar-refractivity contribution is 5.85. The number of likely N-dealkylation sites (tertiary alicyclic amines) is 1. The first kappa shape index (κ1) is 14.7. The average Bonchev–Trinajstić information content (AvgIpc) is 3.15. The van der Waals surface area contributed by atoms with E-state index in [9.17, 15) is 4.79 Å². The van der Waals surface area contributed by atoms with Crippen LogP contribution in [0.15, 0.2) is 48.6 Å². The largest absolute Gasteiger partial charge is 0.361 e. The Morgan fingerprint density at radius 3 is 2.78 bits per heavy atom. The minimum Gasteiger partial charge on any atom is -0.361 e. The highest BCUT2D eigenvalue weighted by atomic mass is 16.5. The van der Waals surface area contributed by atoms with Crippen LogP contribution >= 0.6 is 0 Å². The zero-order chi connectivity index (χ0) is 16.2. The van der Waals surface area contributed by atoms with Crippen LogP contribution in [-0.4, -0.2) is 28.6 Å². The molecule has 1 aromatic carbocycles. The molecule has 4 rings (SSSR count). The minimum absolute atomic E-state index is 0.0210. The Hall–Kier alpha value is -1.87. The molecule has 1 spiro atoms. The Kier molecular flexibility index (Phi) is 3.24. The van der Waals surface area contributed by atoms with Crippen LogP contribution in [0.4, 0.5) is 0 Å². The van der Waals surface area contributed by atoms with Crippen LogP contribution in [0, 0.1) is 12.8 Å². The number of ether oxygens (including phenoxy) is 1. The van der Waals surface area contributed by atoms with E-state index in [0.29, 0.717) is 6.54 Å². The van der Waals surface area contributed by atoms with Gasteiger partial charge in [-0.2, -0.15) is 0 Å². The average molecular weight is 309 g/mol. The molecular weight excluding hydrogens is 286 g/mol. The molecule has 1 unspecified atom stereocenters. The van der Waals surface area contributed by atoms with Crippen molar-refractivity contribution < 1.29 is 9.53 Å². The van der Waals surface area contributed by atoms with Gasteiger partial charge in [0, 0.05) is 6.54 Å². The molecule has 2 bridgehead atoms. The third-order valence-corrected chi connectivity index (χ3v) is 5.43. The zero-order valence-electron chi connectivity index (χ0n) is 13.8. The number of aryl methyl sites for hydroxylation is 1. The van der Waals surface area contributed by atoms with Gasteiger partial charge in [-0.1, -0.05) is 47.6 Å². The molecule has 2 saturated heterocycles. The molecule has 4 atom stereocenters. The van der Waals surface area contributed by atoms with E-state index in [4.69, 9.17) is 4.74 Å². The van der Waals surface area contributed by atoms with Crippen molar-refractivity contribution in [1.29, 1.82) is 0 Å². The van der Waals surface area contributed by atoms with Crippen molar-refractivity contribution in [2.45, 2.75) is 51.0 Å². The van der Waals surface area contributed by atoms with Crippen LogP contribution in [0.3, 0.4) is 0 Å². The molecule has 3 heteroatoms. The summed E-state index contributed by atoms with van der Waals surface area (Å²) in [7, 11) is 0. The predicted octanol–water partition coefficient (Wildman–Crippen LogP) is 3.39. The van der Waals surface area contributed by atoms with Crippen molar-refractivity contribution in [2.75, 3.05) is 0 Å². The molecule has 0 N–H and O–H groups in total. The monoisotopic (exact) mass is 309 g/mol. The molecule has 0 aliphatic carbocycles. The van der Waals surface area contributed by atoms with Crippen LogP contribution in [0.1, 0.15) is 30.9 Å². The summed E-state index contributed by atoms with van der Waals surface area (Å²) in [5.74, 6) is 0.218. The lowest BCUT2D eigenvalue weighted by Crippen LogP contribution is -2.44. The second-order valence-electron chi connectivity index (χ2n) is 7.29. The first-order valence-corrected chi connectivity index (χ1v) is 8.37. The van der Waals surface area contributed by atoms with Gasteiger partial charge in [0.2, 0.25) is 5.91 Å². The molecule has 2 fully saturated rings. The van der Waals surface area contributed by atoms with Gasteiger partial charge in [0.05, 0.1) is 18.1 Å². The van der Waals surface area contributed by atoms with Gasteiger partial charge in [0.15, 0.2) is 0 Å². The molecule has 23 heavy (non-hydrogen) atoms. The summed E-state index contributed by atoms with van der Waals surface area (Å²) >= 11 is 0. The van der Waals surface area contributed by atoms with E-state index in [0.717, 1.165) is 18.4 Å². The van der Waals surface area contributed by atoms with E-state index < -0.39 is 5.60 Å². The molecule has 3 heterocycles. The van der Waals surface area contributed by atoms with Crippen molar-refractivity contribution >= 4 is 5.91 Å². The topological polar surface area (TPSA) is 29.5 Å². The molecule has 3 aliphatic heterocycles. The number of amides is 1. The predicted molar refractivity (Wildman–Crippen MR) is 89.8 cm³/mol. The maximum absolute atomic E-state index is 13.0. The zero-order valence-corrected chi connectivity index (χ0v) is 13.8. The number of fused-ring (bicyclic) bond motifs is 1. The van der Waals surface area contributed by atoms with Gasteiger partial charge in [0.25, 0.3) is 0 Å². The van der Waals surface area contributed by atoms with Crippen LogP contribution < -0.4 is 0 Å². The third-order valence-electron chi connectivity index (χ3n) is 5.43. The fraction of sp³-hybridized carbons (Fsp3) is 0.450. The van der Waals surface area contributed by atoms with Gasteiger partial charge in [-0.25, -0.2) is 0 Å². The smallest absolute Gasteiger partial charge is 0.229 e. The van der Waals surface area contributed by atoms with Gasteiger partial charge >= 0.3 is 0 Å². The van der Waals surface area contributed by atoms with Crippen molar-refractivity contribution in [3.63, 3.8) is 0 Å². The number of benzene rings is 1. The van der Waals surface area contributed by atoms with E-state index in [1.54, 1.807) is 0 Å². The molecular formula is C20H23NO2. The van der Waals surface area contributed by atoms with E-state index in [2.05, 4.69) is 49.9 Å². The number of hydrogen-bond donors (Lipinski definition) is 0. The first-order chi connectivity index (χ1) is 11.0. The molecule has 120 valence electrons. The fourth-order valence-electron chi connectivity index (χ4n) is 4.33. The molecule has 0 radical (unpaired) electrons. The van der Waals surface area contributed by atoms with E-state index in [1.165, 1.54) is 11.1 Å². The SMILES string of the molecule is C=C(C)CC1N(Cc2ccc(C)cc2)C(=O)[C@@H]2C[C@H]3C=C[C@@]12O3. The van der Waals surface area contributed by atoms with Crippen LogP contribution in [0.25, 0.3) is 0 Å². The molecule has 3 aliphatic rings. The van der Waals surface area contributed by atoms with E-state index in [-0.39, 0.29) is 24.0 Å². The number of hydrogen-bond acceptors (Lipinski definition) is 2. The summed E-state index contributed by atoms with van der Waals surface area (Å²) < 4.78 is 6.24. The number of carbonyl (C=O) groups excluding carboxylic acids is 1. The highest BCUT2D eigenvalue weighted by Crippen LogP contribution is 2.53. The fourth-order valence-corrected chi connectivity index (χ4v) is 4.33. The molecule has 1 amide bonds. The third kappa shape index (κ3) is 2.18. The van der Waals surface area contributed by atoms with Crippen molar-refractivity contribution in [3.8, 4) is 0 Å². The van der Waals surface area contributed by atoms with E-state index >= 15 is 0 Å². The summed E-state index contributed by atoms with van der Waals surface area (Å²) in [5.41, 5.74) is 3.08. The summed E-state index contributed by atoms with van der Waals surface area (Å²) in [6.45, 7) is 8.83. The van der Waals surface area contributed by atoms with Crippen LogP contribution in [0.2, 0.25) is 0 Å². The minimum atomic E-state index is -0.425. The number of nitrogens with zero attached hydrogens (tertiary/aromatic N) is 1. The standard InChI is InChI=1S/C20H23NO2/c1-13(2)10-18-20-9-8-16(23-20)11-17(20)19(22)21(18)12-15-6-4-14(3)5-7-15/h4-9,16-18H,1,10-12H2,2-3H3/t16-,17+,18?,20+/m1/s1. The van der Waals surface area contributed by atoms with Gasteiger partial charge in [-0.15, -0.1) is 6.58 Å². The molecule has 0 saturated carbocycles. The second-order valence-corrected chi connectivity index (χ2v) is 7.29. The normalized spacial score (nSPS) is 34.3. The van der Waals surface area contributed by atoms with Gasteiger partial charge in [0.1, 0.15) is 5.60 Å². The number of carbonyl (C=O) groups is 1. The lowest BCUT2D eigenvalue weighted by Gasteiger charge is -2.33. The van der Waals surface area contributed by atoms with Crippen LogP contribution in [-0.2, 0) is 16.1 Å². The van der Waals surface area contributed by atoms with Gasteiger partial charge in [-0.05, 0) is 32.3 Å². The maximum Gasteiger partial charge on any atom is 0.229 e. The summed E-state index contributed by atoms with van der Waals surface area (Å²) in [4.78, 5) is 15.0. The van der Waals surface area contributed by atoms with Crippen molar-refractivity contribution in [3.05, 3.63) is 59.7 Å². The summed E-state index contributed by atoms with van der Waals surface area (Å²) in [5, 5.41) is 0. The second kappa shape index (κ2) is 5.07. The Bertz CT molecular complexity index is 690. The molecule has 3 nitrogen and oxygen atoms in total. The quantitative estimate of drug-likeness (QED) is 0.798. The van der Waals surface area contributed by atoms with Gasteiger partial charge < -0.3 is 9.64 Å². The molecule has 1 aromatic rings. The Morgan fingerprint density at radius 2 is 2.13 bits per heavy atom. The van der Waals surface area contributed by atoms with Crippen LogP contribution in [0.5, 0.6) is 0 Å². The Labute approximate surface area is 137 Å². The summed E-state index contributed by atoms with van der Waals surface area (Å²) in [6, 6.07) is 8.48. The van der Waals surface area contributed by atoms with Crippen molar-refractivity contribution in [1.82, 2.24) is 4.90 Å². The Morgan fingerprint density at radius 1 is 1.39 bits per heavy atom. The lowest BCUT2D eigenvalue weighted by molar-refractivity contribution is -0.132. The Balaban J connectivity index is 1.67.